The maximum absolute atomic E-state index is 13.8. The monoisotopic (exact) mass is 861 g/mol. The third kappa shape index (κ3) is 8.90. The van der Waals surface area contributed by atoms with Crippen LogP contribution in [0, 0.1) is 17.2 Å². The second kappa shape index (κ2) is 17.5. The van der Waals surface area contributed by atoms with Gasteiger partial charge in [-0.15, -0.1) is 0 Å². The molecular formula is C44H54F3N9O4S. The number of carbonyl (C=O) groups is 4. The predicted octanol–water partition coefficient (Wildman–Crippen LogP) is 6.46. The standard InChI is InChI=1S/C44H54F3N9O4S/c1-26-23-53(24-27(2)54(26)25-37(58)49-35-11-8-10-32-38(51-52(5)39(32)35)33-18-19-36(57)50-40(33)59)20-7-6-9-28-12-15-30(16-13-28)56-42(61)55(41(60)43(56,3)4)31-17-14-29(22-48)34(21-31)44(45,46)47/h8,10-11,14,17,21,26-28,30,33H,6-7,9,12-13,15-16,18-20,23-25H2,1-5H3,(H,49,58)(H,50,57,59)/t26-,27+,28?,30?,33?. The van der Waals surface area contributed by atoms with E-state index in [0.29, 0.717) is 23.7 Å². The summed E-state index contributed by atoms with van der Waals surface area (Å²) in [6.45, 7) is 10.8. The van der Waals surface area contributed by atoms with Gasteiger partial charge in [-0.3, -0.25) is 39.0 Å². The molecule has 3 saturated heterocycles. The van der Waals surface area contributed by atoms with Gasteiger partial charge in [0.2, 0.25) is 17.7 Å². The van der Waals surface area contributed by atoms with E-state index in [9.17, 15) is 37.6 Å². The zero-order chi connectivity index (χ0) is 44.0. The smallest absolute Gasteiger partial charge is 0.331 e. The number of fused-ring (bicyclic) bond motifs is 1. The highest BCUT2D eigenvalue weighted by atomic mass is 32.1. The van der Waals surface area contributed by atoms with E-state index >= 15 is 0 Å². The number of nitrogens with zero attached hydrogens (tertiary/aromatic N) is 7. The highest BCUT2D eigenvalue weighted by molar-refractivity contribution is 7.80. The first-order chi connectivity index (χ1) is 28.9. The molecule has 0 radical (unpaired) electrons. The lowest BCUT2D eigenvalue weighted by molar-refractivity contribution is -0.138. The van der Waals surface area contributed by atoms with E-state index in [1.165, 1.54) is 11.0 Å². The molecule has 1 aliphatic carbocycles. The summed E-state index contributed by atoms with van der Waals surface area (Å²) in [6, 6.07) is 10.8. The second-order valence-corrected chi connectivity index (χ2v) is 18.1. The fraction of sp³-hybridized carbons (Fsp3) is 0.568. The molecule has 13 nitrogen and oxygen atoms in total. The van der Waals surface area contributed by atoms with Gasteiger partial charge in [-0.05, 0) is 115 Å². The summed E-state index contributed by atoms with van der Waals surface area (Å²) in [5, 5.41) is 20.4. The van der Waals surface area contributed by atoms with E-state index < -0.39 is 28.8 Å². The van der Waals surface area contributed by atoms with Crippen molar-refractivity contribution < 1.29 is 32.3 Å². The molecule has 1 unspecified atom stereocenters. The number of imide groups is 1. The number of para-hydroxylation sites is 1. The molecular weight excluding hydrogens is 808 g/mol. The van der Waals surface area contributed by atoms with Gasteiger partial charge in [-0.25, -0.2) is 0 Å². The Bertz CT molecular complexity index is 2250. The third-order valence-corrected chi connectivity index (χ3v) is 13.6. The Morgan fingerprint density at radius 1 is 1.03 bits per heavy atom. The van der Waals surface area contributed by atoms with Crippen molar-refractivity contribution in [2.24, 2.45) is 13.0 Å². The summed E-state index contributed by atoms with van der Waals surface area (Å²) in [4.78, 5) is 59.3. The van der Waals surface area contributed by atoms with Gasteiger partial charge >= 0.3 is 6.18 Å². The number of halogens is 3. The fourth-order valence-corrected chi connectivity index (χ4v) is 10.7. The highest BCUT2D eigenvalue weighted by Gasteiger charge is 2.52. The molecule has 7 rings (SSSR count). The third-order valence-electron chi connectivity index (χ3n) is 13.2. The first-order valence-electron chi connectivity index (χ1n) is 21.3. The second-order valence-electron chi connectivity index (χ2n) is 17.8. The number of unbranched alkanes of at least 4 members (excludes halogenated alkanes) is 1. The van der Waals surface area contributed by atoms with Gasteiger partial charge in [0.05, 0.1) is 52.2 Å². The number of alkyl halides is 3. The zero-order valence-electron chi connectivity index (χ0n) is 35.3. The van der Waals surface area contributed by atoms with Crippen molar-refractivity contribution in [1.82, 2.24) is 29.8 Å². The molecule has 3 atom stereocenters. The number of aromatic nitrogens is 2. The van der Waals surface area contributed by atoms with Crippen LogP contribution in [0.1, 0.15) is 108 Å². The van der Waals surface area contributed by atoms with Crippen molar-refractivity contribution in [2.45, 2.75) is 121 Å². The Labute approximate surface area is 359 Å². The average molecular weight is 862 g/mol. The number of piperazine rings is 1. The van der Waals surface area contributed by atoms with Crippen LogP contribution in [0.3, 0.4) is 0 Å². The molecule has 3 aliphatic heterocycles. The van der Waals surface area contributed by atoms with Crippen LogP contribution in [0.2, 0.25) is 0 Å². The fourth-order valence-electron chi connectivity index (χ4n) is 10.1. The van der Waals surface area contributed by atoms with Crippen molar-refractivity contribution in [3.63, 3.8) is 0 Å². The molecule has 4 amide bonds. The Morgan fingerprint density at radius 3 is 2.39 bits per heavy atom. The van der Waals surface area contributed by atoms with Crippen LogP contribution in [0.15, 0.2) is 36.4 Å². The average Bonchev–Trinajstić information content (AvgIpc) is 3.62. The van der Waals surface area contributed by atoms with E-state index in [4.69, 9.17) is 12.2 Å². The van der Waals surface area contributed by atoms with Gasteiger partial charge in [0.1, 0.15) is 5.54 Å². The molecule has 3 aromatic rings. The minimum atomic E-state index is -4.75. The number of rotatable bonds is 11. The van der Waals surface area contributed by atoms with Crippen molar-refractivity contribution in [3.8, 4) is 6.07 Å². The largest absolute Gasteiger partial charge is 0.417 e. The zero-order valence-corrected chi connectivity index (χ0v) is 36.2. The van der Waals surface area contributed by atoms with Crippen LogP contribution in [0.4, 0.5) is 24.5 Å². The molecule has 1 aromatic heterocycles. The number of aryl methyl sites for hydroxylation is 1. The van der Waals surface area contributed by atoms with Crippen molar-refractivity contribution >= 4 is 63.2 Å². The summed E-state index contributed by atoms with van der Waals surface area (Å²) >= 11 is 5.78. The van der Waals surface area contributed by atoms with Crippen LogP contribution in [-0.2, 0) is 32.4 Å². The summed E-state index contributed by atoms with van der Waals surface area (Å²) in [7, 11) is 1.79. The summed E-state index contributed by atoms with van der Waals surface area (Å²) in [6.07, 6.45) is 2.78. The van der Waals surface area contributed by atoms with Crippen molar-refractivity contribution in [2.75, 3.05) is 36.4 Å². The Morgan fingerprint density at radius 2 is 1.74 bits per heavy atom. The lowest BCUT2D eigenvalue weighted by atomic mass is 9.81. The van der Waals surface area contributed by atoms with Crippen LogP contribution in [0.5, 0.6) is 0 Å². The maximum Gasteiger partial charge on any atom is 0.417 e. The lowest BCUT2D eigenvalue weighted by Gasteiger charge is -2.44. The van der Waals surface area contributed by atoms with Gasteiger partial charge < -0.3 is 15.1 Å². The predicted molar refractivity (Wildman–Crippen MR) is 228 cm³/mol. The Hall–Kier alpha value is -4.92. The summed E-state index contributed by atoms with van der Waals surface area (Å²) < 4.78 is 43.0. The number of nitriles is 1. The van der Waals surface area contributed by atoms with E-state index in [0.717, 1.165) is 87.6 Å². The summed E-state index contributed by atoms with van der Waals surface area (Å²) in [5.41, 5.74) is -0.652. The van der Waals surface area contributed by atoms with Gasteiger partial charge in [-0.2, -0.15) is 23.5 Å². The van der Waals surface area contributed by atoms with E-state index in [2.05, 4.69) is 39.4 Å². The van der Waals surface area contributed by atoms with Crippen molar-refractivity contribution in [1.29, 1.82) is 5.26 Å². The van der Waals surface area contributed by atoms with Crippen LogP contribution < -0.4 is 15.5 Å². The number of piperidine rings is 1. The number of nitrogens with one attached hydrogen (secondary N) is 2. The van der Waals surface area contributed by atoms with Gasteiger partial charge in [-0.1, -0.05) is 25.0 Å². The molecule has 1 saturated carbocycles. The van der Waals surface area contributed by atoms with E-state index in [1.54, 1.807) is 31.6 Å². The number of carbonyl (C=O) groups excluding carboxylic acids is 4. The molecule has 326 valence electrons. The number of hydrogen-bond donors (Lipinski definition) is 2. The van der Waals surface area contributed by atoms with Crippen molar-refractivity contribution in [3.05, 3.63) is 53.2 Å². The van der Waals surface area contributed by atoms with E-state index in [1.807, 2.05) is 23.1 Å². The highest BCUT2D eigenvalue weighted by Crippen LogP contribution is 2.42. The number of thiocarbonyl (C=S) groups is 1. The minimum absolute atomic E-state index is 0.00350. The quantitative estimate of drug-likeness (QED) is 0.125. The summed E-state index contributed by atoms with van der Waals surface area (Å²) in [5.74, 6) is -1.12. The molecule has 0 spiro atoms. The molecule has 4 aliphatic rings. The number of amides is 4. The molecule has 2 aromatic carbocycles. The number of hydrogen-bond acceptors (Lipinski definition) is 9. The molecule has 0 bridgehead atoms. The Balaban J connectivity index is 0.861. The number of benzene rings is 2. The molecule has 61 heavy (non-hydrogen) atoms. The molecule has 4 fully saturated rings. The topological polar surface area (TPSA) is 147 Å². The van der Waals surface area contributed by atoms with Crippen LogP contribution in [-0.4, -0.2) is 103 Å². The number of anilines is 2. The first kappa shape index (κ1) is 44.1. The Kier molecular flexibility index (Phi) is 12.6. The van der Waals surface area contributed by atoms with Crippen LogP contribution in [0.25, 0.3) is 10.9 Å². The first-order valence-corrected chi connectivity index (χ1v) is 21.7. The minimum Gasteiger partial charge on any atom is -0.331 e. The van der Waals surface area contributed by atoms with Gasteiger partial charge in [0.25, 0.3) is 5.91 Å². The van der Waals surface area contributed by atoms with E-state index in [-0.39, 0.29) is 65.5 Å². The maximum atomic E-state index is 13.8. The SMILES string of the molecule is C[C@@H]1CN(CCCCC2CCC(N3C(=S)N(c4ccc(C#N)c(C(F)(F)F)c4)C(=O)C3(C)C)CC2)C[C@H](C)N1CC(=O)Nc1cccc2c(C3CCC(=O)NC3=O)nn(C)c12. The van der Waals surface area contributed by atoms with Gasteiger partial charge in [0, 0.05) is 50.1 Å². The molecule has 2 N–H and O–H groups in total. The van der Waals surface area contributed by atoms with Crippen LogP contribution >= 0.6 is 12.2 Å². The molecule has 4 heterocycles. The molecule has 17 heteroatoms. The van der Waals surface area contributed by atoms with Gasteiger partial charge in [0.15, 0.2) is 5.11 Å². The lowest BCUT2D eigenvalue weighted by Crippen LogP contribution is -2.58. The normalized spacial score (nSPS) is 25.3.